The Morgan fingerprint density at radius 2 is 2.07 bits per heavy atom. The zero-order valence-electron chi connectivity index (χ0n) is 7.31. The quantitative estimate of drug-likeness (QED) is 0.822. The summed E-state index contributed by atoms with van der Waals surface area (Å²) in [5.74, 6) is -0.124. The number of alkyl halides is 2. The maximum Gasteiger partial charge on any atom is 0.387 e. The van der Waals surface area contributed by atoms with Gasteiger partial charge in [0.25, 0.3) is 0 Å². The van der Waals surface area contributed by atoms with Crippen LogP contribution in [0.1, 0.15) is 5.56 Å². The summed E-state index contributed by atoms with van der Waals surface area (Å²) in [6.45, 7) is -2.96. The van der Waals surface area contributed by atoms with Crippen molar-refractivity contribution in [2.24, 2.45) is 0 Å². The van der Waals surface area contributed by atoms with Crippen molar-refractivity contribution < 1.29 is 13.5 Å². The number of nitrogens with zero attached hydrogens (tertiary/aromatic N) is 1. The lowest BCUT2D eigenvalue weighted by Crippen LogP contribution is -2.04. The van der Waals surface area contributed by atoms with Gasteiger partial charge in [-0.15, -0.1) is 0 Å². The Morgan fingerprint density at radius 1 is 1.40 bits per heavy atom. The molecule has 1 rings (SSSR count). The summed E-state index contributed by atoms with van der Waals surface area (Å²) < 4.78 is 28.2. The third kappa shape index (κ3) is 2.95. The maximum absolute atomic E-state index is 12.0. The van der Waals surface area contributed by atoms with Gasteiger partial charge in [-0.05, 0) is 12.1 Å². The Kier molecular flexibility index (Phi) is 4.13. The lowest BCUT2D eigenvalue weighted by Gasteiger charge is -2.10. The van der Waals surface area contributed by atoms with Crippen molar-refractivity contribution in [2.45, 2.75) is 13.0 Å². The highest BCUT2D eigenvalue weighted by molar-refractivity contribution is 6.42. The SMILES string of the molecule is N#CCc1c(OC(F)F)ccc(Cl)c1Cl. The van der Waals surface area contributed by atoms with Gasteiger partial charge in [0.15, 0.2) is 0 Å². The van der Waals surface area contributed by atoms with E-state index in [2.05, 4.69) is 4.74 Å². The minimum absolute atomic E-state index is 0.0661. The van der Waals surface area contributed by atoms with Crippen LogP contribution in [0.5, 0.6) is 5.75 Å². The first-order chi connectivity index (χ1) is 7.06. The average Bonchev–Trinajstić information content (AvgIpc) is 2.17. The highest BCUT2D eigenvalue weighted by Crippen LogP contribution is 2.33. The molecule has 80 valence electrons. The van der Waals surface area contributed by atoms with Crippen molar-refractivity contribution in [3.8, 4) is 11.8 Å². The van der Waals surface area contributed by atoms with Crippen molar-refractivity contribution in [3.63, 3.8) is 0 Å². The second-order valence-corrected chi connectivity index (χ2v) is 3.34. The molecular weight excluding hydrogens is 247 g/mol. The molecule has 1 aromatic rings. The van der Waals surface area contributed by atoms with E-state index >= 15 is 0 Å². The first kappa shape index (κ1) is 12.0. The minimum atomic E-state index is -2.96. The summed E-state index contributed by atoms with van der Waals surface area (Å²) in [6, 6.07) is 4.39. The van der Waals surface area contributed by atoms with Gasteiger partial charge in [0.2, 0.25) is 0 Å². The van der Waals surface area contributed by atoms with Gasteiger partial charge in [-0.2, -0.15) is 14.0 Å². The van der Waals surface area contributed by atoms with Crippen molar-refractivity contribution in [3.05, 3.63) is 27.7 Å². The zero-order valence-corrected chi connectivity index (χ0v) is 8.82. The highest BCUT2D eigenvalue weighted by atomic mass is 35.5. The number of nitriles is 1. The summed E-state index contributed by atoms with van der Waals surface area (Å²) in [4.78, 5) is 0. The van der Waals surface area contributed by atoms with Gasteiger partial charge in [0.1, 0.15) is 5.75 Å². The standard InChI is InChI=1S/C9H5Cl2F2NO/c10-6-1-2-7(15-9(12)13)5(3-4-14)8(6)11/h1-2,9H,3H2. The molecule has 0 atom stereocenters. The van der Waals surface area contributed by atoms with E-state index in [9.17, 15) is 8.78 Å². The Balaban J connectivity index is 3.15. The van der Waals surface area contributed by atoms with Crippen molar-refractivity contribution >= 4 is 23.2 Å². The van der Waals surface area contributed by atoms with E-state index in [1.54, 1.807) is 6.07 Å². The minimum Gasteiger partial charge on any atom is -0.434 e. The maximum atomic E-state index is 12.0. The second kappa shape index (κ2) is 5.15. The molecule has 15 heavy (non-hydrogen) atoms. The van der Waals surface area contributed by atoms with Crippen LogP contribution in [-0.2, 0) is 6.42 Å². The molecule has 0 saturated heterocycles. The molecular formula is C9H5Cl2F2NO. The average molecular weight is 252 g/mol. The zero-order chi connectivity index (χ0) is 11.4. The van der Waals surface area contributed by atoms with E-state index in [0.29, 0.717) is 0 Å². The van der Waals surface area contributed by atoms with E-state index < -0.39 is 6.61 Å². The number of hydrogen-bond donors (Lipinski definition) is 0. The smallest absolute Gasteiger partial charge is 0.387 e. The van der Waals surface area contributed by atoms with Crippen molar-refractivity contribution in [1.82, 2.24) is 0 Å². The summed E-state index contributed by atoms with van der Waals surface area (Å²) in [6.07, 6.45) is -0.137. The Bertz CT molecular complexity index is 404. The molecule has 0 heterocycles. The van der Waals surface area contributed by atoms with Gasteiger partial charge < -0.3 is 4.74 Å². The van der Waals surface area contributed by atoms with Crippen molar-refractivity contribution in [2.75, 3.05) is 0 Å². The van der Waals surface area contributed by atoms with Gasteiger partial charge in [-0.25, -0.2) is 0 Å². The monoisotopic (exact) mass is 251 g/mol. The third-order valence-corrected chi connectivity index (χ3v) is 2.47. The first-order valence-electron chi connectivity index (χ1n) is 3.85. The predicted octanol–water partition coefficient (Wildman–Crippen LogP) is 3.66. The number of benzene rings is 1. The number of halogens is 4. The topological polar surface area (TPSA) is 33.0 Å². The molecule has 0 bridgehead atoms. The summed E-state index contributed by atoms with van der Waals surface area (Å²) in [5, 5.41) is 8.76. The van der Waals surface area contributed by atoms with Crippen LogP contribution >= 0.6 is 23.2 Å². The van der Waals surface area contributed by atoms with Gasteiger partial charge in [-0.3, -0.25) is 0 Å². The fourth-order valence-corrected chi connectivity index (χ4v) is 1.43. The molecule has 0 amide bonds. The van der Waals surface area contributed by atoms with E-state index in [1.165, 1.54) is 12.1 Å². The second-order valence-electron chi connectivity index (χ2n) is 2.55. The fraction of sp³-hybridized carbons (Fsp3) is 0.222. The van der Waals surface area contributed by atoms with Gasteiger partial charge in [-0.1, -0.05) is 23.2 Å². The largest absolute Gasteiger partial charge is 0.434 e. The molecule has 0 unspecified atom stereocenters. The molecule has 1 aromatic carbocycles. The van der Waals surface area contributed by atoms with Crippen LogP contribution in [0.4, 0.5) is 8.78 Å². The fourth-order valence-electron chi connectivity index (χ4n) is 1.03. The molecule has 0 aromatic heterocycles. The normalized spacial score (nSPS) is 10.1. The number of hydrogen-bond acceptors (Lipinski definition) is 2. The van der Waals surface area contributed by atoms with Crippen LogP contribution in [0.25, 0.3) is 0 Å². The molecule has 0 radical (unpaired) electrons. The van der Waals surface area contributed by atoms with Crippen LogP contribution in [0, 0.1) is 11.3 Å². The van der Waals surface area contributed by atoms with Crippen LogP contribution in [0.2, 0.25) is 10.0 Å². The van der Waals surface area contributed by atoms with E-state index in [1.807, 2.05) is 0 Å². The molecule has 0 spiro atoms. The molecule has 0 fully saturated rings. The molecule has 0 N–H and O–H groups in total. The number of rotatable bonds is 3. The Hall–Kier alpha value is -1.05. The number of ether oxygens (including phenoxy) is 1. The molecule has 0 aliphatic rings. The van der Waals surface area contributed by atoms with Gasteiger partial charge in [0, 0.05) is 5.56 Å². The highest BCUT2D eigenvalue weighted by Gasteiger charge is 2.14. The lowest BCUT2D eigenvalue weighted by molar-refractivity contribution is -0.0503. The van der Waals surface area contributed by atoms with Gasteiger partial charge >= 0.3 is 6.61 Å². The van der Waals surface area contributed by atoms with E-state index in [0.717, 1.165) is 0 Å². The molecule has 2 nitrogen and oxygen atoms in total. The summed E-state index contributed by atoms with van der Waals surface area (Å²) in [7, 11) is 0. The van der Waals surface area contributed by atoms with E-state index in [4.69, 9.17) is 28.5 Å². The summed E-state index contributed by atoms with van der Waals surface area (Å²) >= 11 is 11.4. The predicted molar refractivity (Wildman–Crippen MR) is 52.4 cm³/mol. The molecule has 6 heteroatoms. The lowest BCUT2D eigenvalue weighted by atomic mass is 10.1. The van der Waals surface area contributed by atoms with Crippen LogP contribution in [0.15, 0.2) is 12.1 Å². The van der Waals surface area contributed by atoms with Crippen LogP contribution in [-0.4, -0.2) is 6.61 Å². The Labute approximate surface area is 95.0 Å². The van der Waals surface area contributed by atoms with Crippen LogP contribution in [0.3, 0.4) is 0 Å². The molecule has 0 aliphatic carbocycles. The van der Waals surface area contributed by atoms with Crippen molar-refractivity contribution in [1.29, 1.82) is 5.26 Å². The third-order valence-electron chi connectivity index (χ3n) is 1.62. The molecule has 0 aliphatic heterocycles. The van der Waals surface area contributed by atoms with Gasteiger partial charge in [0.05, 0.1) is 22.5 Å². The molecule has 0 saturated carbocycles. The van der Waals surface area contributed by atoms with Crippen LogP contribution < -0.4 is 4.74 Å². The first-order valence-corrected chi connectivity index (χ1v) is 4.60. The summed E-state index contributed by atoms with van der Waals surface area (Å²) in [5.41, 5.74) is 0.173. The van der Waals surface area contributed by atoms with E-state index in [-0.39, 0.29) is 27.8 Å². The Morgan fingerprint density at radius 3 is 2.60 bits per heavy atom.